The smallest absolute Gasteiger partial charge is 0.0391 e. The van der Waals surface area contributed by atoms with Crippen LogP contribution in [-0.4, -0.2) is 4.98 Å². The van der Waals surface area contributed by atoms with Crippen LogP contribution in [0.4, 0.5) is 0 Å². The Kier molecular flexibility index (Phi) is 4.18. The van der Waals surface area contributed by atoms with Crippen LogP contribution >= 0.6 is 11.3 Å². The largest absolute Gasteiger partial charge is 0.303 e. The molecule has 0 radical (unpaired) electrons. The van der Waals surface area contributed by atoms with Crippen LogP contribution in [0.1, 0.15) is 59.7 Å². The highest BCUT2D eigenvalue weighted by Gasteiger charge is 2.18. The number of rotatable bonds is 4. The maximum Gasteiger partial charge on any atom is 0.0391 e. The lowest BCUT2D eigenvalue weighted by Crippen LogP contribution is -2.21. The van der Waals surface area contributed by atoms with Crippen molar-refractivity contribution >= 4 is 11.3 Å². The summed E-state index contributed by atoms with van der Waals surface area (Å²) in [5.74, 6) is 0. The van der Waals surface area contributed by atoms with Gasteiger partial charge in [0.05, 0.1) is 0 Å². The number of nitrogens with zero attached hydrogens (tertiary/aromatic N) is 1. The Labute approximate surface area is 125 Å². The first kappa shape index (κ1) is 13.8. The van der Waals surface area contributed by atoms with E-state index in [9.17, 15) is 0 Å². The summed E-state index contributed by atoms with van der Waals surface area (Å²) < 4.78 is 0. The third kappa shape index (κ3) is 2.94. The third-order valence-corrected chi connectivity index (χ3v) is 5.55. The highest BCUT2D eigenvalue weighted by molar-refractivity contribution is 7.12. The Hall–Kier alpha value is -1.19. The van der Waals surface area contributed by atoms with Crippen molar-refractivity contribution in [1.82, 2.24) is 10.3 Å². The van der Waals surface area contributed by atoms with Crippen LogP contribution in [-0.2, 0) is 12.8 Å². The van der Waals surface area contributed by atoms with Crippen molar-refractivity contribution in [3.63, 3.8) is 0 Å². The van der Waals surface area contributed by atoms with Crippen molar-refractivity contribution in [3.8, 4) is 0 Å². The maximum atomic E-state index is 4.20. The van der Waals surface area contributed by atoms with Gasteiger partial charge in [-0.15, -0.1) is 11.3 Å². The van der Waals surface area contributed by atoms with Gasteiger partial charge in [-0.05, 0) is 62.8 Å². The molecule has 3 rings (SSSR count). The van der Waals surface area contributed by atoms with Gasteiger partial charge in [0.25, 0.3) is 0 Å². The molecule has 0 spiro atoms. The number of fused-ring (bicyclic) bond motifs is 1. The van der Waals surface area contributed by atoms with Crippen LogP contribution in [0.15, 0.2) is 30.6 Å². The predicted octanol–water partition coefficient (Wildman–Crippen LogP) is 4.43. The monoisotopic (exact) mass is 286 g/mol. The molecule has 3 heteroatoms. The van der Waals surface area contributed by atoms with E-state index in [1.807, 2.05) is 29.8 Å². The first-order chi connectivity index (χ1) is 9.74. The molecule has 20 heavy (non-hydrogen) atoms. The quantitative estimate of drug-likeness (QED) is 0.899. The van der Waals surface area contributed by atoms with Gasteiger partial charge in [0.2, 0.25) is 0 Å². The highest BCUT2D eigenvalue weighted by atomic mass is 32.1. The summed E-state index contributed by atoms with van der Waals surface area (Å²) in [4.78, 5) is 7.30. The number of pyridine rings is 1. The van der Waals surface area contributed by atoms with E-state index in [4.69, 9.17) is 0 Å². The van der Waals surface area contributed by atoms with Crippen molar-refractivity contribution in [3.05, 3.63) is 51.5 Å². The zero-order valence-electron chi connectivity index (χ0n) is 12.2. The summed E-state index contributed by atoms with van der Waals surface area (Å²) in [6.07, 6.45) is 9.05. The lowest BCUT2D eigenvalue weighted by molar-refractivity contribution is 0.499. The van der Waals surface area contributed by atoms with Gasteiger partial charge in [-0.25, -0.2) is 0 Å². The molecule has 0 amide bonds. The van der Waals surface area contributed by atoms with Crippen molar-refractivity contribution in [2.24, 2.45) is 0 Å². The molecule has 2 atom stereocenters. The maximum absolute atomic E-state index is 4.20. The second kappa shape index (κ2) is 6.06. The Morgan fingerprint density at radius 3 is 2.80 bits per heavy atom. The number of thiophene rings is 1. The minimum Gasteiger partial charge on any atom is -0.303 e. The topological polar surface area (TPSA) is 24.9 Å². The number of hydrogen-bond acceptors (Lipinski definition) is 3. The highest BCUT2D eigenvalue weighted by Crippen LogP contribution is 2.33. The standard InChI is InChI=1S/C17H22N2S/c1-12(15-7-5-9-18-11-15)19-13(2)17-10-14-6-3-4-8-16(14)20-17/h5,7,9-13,19H,3-4,6,8H2,1-2H3. The molecule has 1 aliphatic carbocycles. The van der Waals surface area contributed by atoms with Crippen LogP contribution in [0.2, 0.25) is 0 Å². The van der Waals surface area contributed by atoms with Gasteiger partial charge in [-0.3, -0.25) is 4.98 Å². The molecule has 106 valence electrons. The van der Waals surface area contributed by atoms with Gasteiger partial charge in [0, 0.05) is 34.2 Å². The molecule has 0 saturated heterocycles. The number of aromatic nitrogens is 1. The molecule has 2 nitrogen and oxygen atoms in total. The summed E-state index contributed by atoms with van der Waals surface area (Å²) in [5.41, 5.74) is 2.85. The van der Waals surface area contributed by atoms with E-state index in [1.165, 1.54) is 36.1 Å². The minimum atomic E-state index is 0.331. The van der Waals surface area contributed by atoms with Crippen molar-refractivity contribution in [1.29, 1.82) is 0 Å². The van der Waals surface area contributed by atoms with E-state index in [2.05, 4.69) is 36.3 Å². The molecular weight excluding hydrogens is 264 g/mol. The second-order valence-corrected chi connectivity index (χ2v) is 6.87. The summed E-state index contributed by atoms with van der Waals surface area (Å²) >= 11 is 2.00. The van der Waals surface area contributed by atoms with Crippen molar-refractivity contribution in [2.75, 3.05) is 0 Å². The summed E-state index contributed by atoms with van der Waals surface area (Å²) in [7, 11) is 0. The van der Waals surface area contributed by atoms with Gasteiger partial charge < -0.3 is 5.32 Å². The molecule has 1 N–H and O–H groups in total. The van der Waals surface area contributed by atoms with E-state index < -0.39 is 0 Å². The zero-order chi connectivity index (χ0) is 13.9. The van der Waals surface area contributed by atoms with Gasteiger partial charge in [-0.1, -0.05) is 6.07 Å². The number of aryl methyl sites for hydroxylation is 2. The average Bonchev–Trinajstić information content (AvgIpc) is 2.92. The van der Waals surface area contributed by atoms with Gasteiger partial charge in [0.1, 0.15) is 0 Å². The molecule has 0 saturated carbocycles. The van der Waals surface area contributed by atoms with E-state index in [0.29, 0.717) is 12.1 Å². The number of nitrogens with one attached hydrogen (secondary N) is 1. The van der Waals surface area contributed by atoms with Crippen molar-refractivity contribution < 1.29 is 0 Å². The van der Waals surface area contributed by atoms with Gasteiger partial charge in [-0.2, -0.15) is 0 Å². The van der Waals surface area contributed by atoms with Gasteiger partial charge >= 0.3 is 0 Å². The normalized spacial score (nSPS) is 17.5. The van der Waals surface area contributed by atoms with E-state index >= 15 is 0 Å². The van der Waals surface area contributed by atoms with Crippen molar-refractivity contribution in [2.45, 2.75) is 51.6 Å². The molecule has 0 fully saturated rings. The first-order valence-corrected chi connectivity index (χ1v) is 8.33. The molecule has 2 unspecified atom stereocenters. The molecule has 0 aliphatic heterocycles. The van der Waals surface area contributed by atoms with Crippen LogP contribution in [0.5, 0.6) is 0 Å². The molecule has 2 aromatic heterocycles. The Morgan fingerprint density at radius 2 is 2.05 bits per heavy atom. The third-order valence-electron chi connectivity index (χ3n) is 4.13. The molecule has 2 heterocycles. The molecule has 1 aliphatic rings. The molecule has 0 bridgehead atoms. The van der Waals surface area contributed by atoms with Gasteiger partial charge in [0.15, 0.2) is 0 Å². The minimum absolute atomic E-state index is 0.331. The molecule has 0 aromatic carbocycles. The lowest BCUT2D eigenvalue weighted by Gasteiger charge is -2.19. The Balaban J connectivity index is 1.70. The Morgan fingerprint density at radius 1 is 1.20 bits per heavy atom. The summed E-state index contributed by atoms with van der Waals surface area (Å²) in [5, 5.41) is 3.69. The summed E-state index contributed by atoms with van der Waals surface area (Å²) in [6.45, 7) is 4.48. The fourth-order valence-electron chi connectivity index (χ4n) is 2.91. The Bertz CT molecular complexity index is 538. The van der Waals surface area contributed by atoms with Crippen LogP contribution in [0.3, 0.4) is 0 Å². The SMILES string of the molecule is CC(NC(C)c1cc2c(s1)CCCC2)c1cccnc1. The van der Waals surface area contributed by atoms with Crippen LogP contribution < -0.4 is 5.32 Å². The fourth-order valence-corrected chi connectivity index (χ4v) is 4.18. The second-order valence-electron chi connectivity index (χ2n) is 5.70. The molecule has 2 aromatic rings. The van der Waals surface area contributed by atoms with E-state index in [0.717, 1.165) is 0 Å². The predicted molar refractivity (Wildman–Crippen MR) is 85.2 cm³/mol. The fraction of sp³-hybridized carbons (Fsp3) is 0.471. The lowest BCUT2D eigenvalue weighted by atomic mass is 9.99. The average molecular weight is 286 g/mol. The molecular formula is C17H22N2S. The first-order valence-electron chi connectivity index (χ1n) is 7.51. The van der Waals surface area contributed by atoms with E-state index in [-0.39, 0.29) is 0 Å². The van der Waals surface area contributed by atoms with Crippen LogP contribution in [0, 0.1) is 0 Å². The summed E-state index contributed by atoms with van der Waals surface area (Å²) in [6, 6.07) is 7.30. The number of hydrogen-bond donors (Lipinski definition) is 1. The van der Waals surface area contributed by atoms with Crippen LogP contribution in [0.25, 0.3) is 0 Å². The van der Waals surface area contributed by atoms with E-state index in [1.54, 1.807) is 10.4 Å². The zero-order valence-corrected chi connectivity index (χ0v) is 13.0.